The van der Waals surface area contributed by atoms with Crippen LogP contribution in [-0.2, 0) is 14.3 Å². The van der Waals surface area contributed by atoms with Gasteiger partial charge >= 0.3 is 5.97 Å². The zero-order valence-electron chi connectivity index (χ0n) is 16.7. The van der Waals surface area contributed by atoms with Crippen molar-refractivity contribution in [3.8, 4) is 0 Å². The summed E-state index contributed by atoms with van der Waals surface area (Å²) >= 11 is 0. The second-order valence-corrected chi connectivity index (χ2v) is 7.52. The lowest BCUT2D eigenvalue weighted by Gasteiger charge is -2.19. The molecule has 2 amide bonds. The first-order valence-electron chi connectivity index (χ1n) is 9.88. The predicted molar refractivity (Wildman–Crippen MR) is 110 cm³/mol. The molecule has 0 spiro atoms. The number of carbonyl (C=O) groups is 3. The Morgan fingerprint density at radius 3 is 2.41 bits per heavy atom. The van der Waals surface area contributed by atoms with Gasteiger partial charge in [-0.1, -0.05) is 36.4 Å². The van der Waals surface area contributed by atoms with Crippen LogP contribution in [0.15, 0.2) is 54.6 Å². The third-order valence-electron chi connectivity index (χ3n) is 4.59. The number of carbonyl (C=O) groups excluding carboxylic acids is 3. The molecule has 29 heavy (non-hydrogen) atoms. The first-order chi connectivity index (χ1) is 13.9. The van der Waals surface area contributed by atoms with Crippen molar-refractivity contribution in [2.24, 2.45) is 5.92 Å². The minimum absolute atomic E-state index is 0.0128. The molecule has 1 atom stereocenters. The lowest BCUT2D eigenvalue weighted by molar-refractivity contribution is -0.148. The van der Waals surface area contributed by atoms with Gasteiger partial charge in [-0.15, -0.1) is 0 Å². The fourth-order valence-electron chi connectivity index (χ4n) is 2.98. The molecule has 1 aliphatic rings. The quantitative estimate of drug-likeness (QED) is 0.666. The fourth-order valence-corrected chi connectivity index (χ4v) is 2.98. The smallest absolute Gasteiger partial charge is 0.308 e. The monoisotopic (exact) mass is 394 g/mol. The van der Waals surface area contributed by atoms with Crippen molar-refractivity contribution in [3.05, 3.63) is 65.7 Å². The van der Waals surface area contributed by atoms with Crippen molar-refractivity contribution in [3.63, 3.8) is 0 Å². The molecule has 0 saturated heterocycles. The van der Waals surface area contributed by atoms with E-state index in [2.05, 4.69) is 10.6 Å². The minimum atomic E-state index is -0.514. The van der Waals surface area contributed by atoms with Gasteiger partial charge in [0.05, 0.1) is 18.6 Å². The Morgan fingerprint density at radius 1 is 1.03 bits per heavy atom. The van der Waals surface area contributed by atoms with Crippen LogP contribution >= 0.6 is 0 Å². The standard InChI is InChI=1S/C23H26N2O4/c1-15(2)29-21(26)14-20(16-7-4-3-5-8-16)25-23(28)18-9-6-10-19(13-18)24-22(27)17-11-12-17/h3-10,13,15,17,20H,11-12,14H2,1-2H3,(H,24,27)(H,25,28). The summed E-state index contributed by atoms with van der Waals surface area (Å²) in [7, 11) is 0. The van der Waals surface area contributed by atoms with Crippen LogP contribution in [0.25, 0.3) is 0 Å². The van der Waals surface area contributed by atoms with Gasteiger partial charge in [-0.3, -0.25) is 14.4 Å². The van der Waals surface area contributed by atoms with E-state index in [1.807, 2.05) is 30.3 Å². The van der Waals surface area contributed by atoms with Crippen molar-refractivity contribution >= 4 is 23.5 Å². The van der Waals surface area contributed by atoms with Gasteiger partial charge < -0.3 is 15.4 Å². The molecule has 0 bridgehead atoms. The molecular formula is C23H26N2O4. The number of esters is 1. The number of hydrogen-bond acceptors (Lipinski definition) is 4. The summed E-state index contributed by atoms with van der Waals surface area (Å²) in [5.74, 6) is -0.624. The van der Waals surface area contributed by atoms with Gasteiger partial charge in [0.25, 0.3) is 5.91 Å². The molecule has 1 saturated carbocycles. The lowest BCUT2D eigenvalue weighted by atomic mass is 10.0. The number of nitrogens with one attached hydrogen (secondary N) is 2. The van der Waals surface area contributed by atoms with Crippen molar-refractivity contribution in [1.29, 1.82) is 0 Å². The Hall–Kier alpha value is -3.15. The third kappa shape index (κ3) is 6.17. The summed E-state index contributed by atoms with van der Waals surface area (Å²) in [5, 5.41) is 5.76. The highest BCUT2D eigenvalue weighted by atomic mass is 16.5. The Morgan fingerprint density at radius 2 is 1.76 bits per heavy atom. The van der Waals surface area contributed by atoms with Crippen LogP contribution in [0.5, 0.6) is 0 Å². The lowest BCUT2D eigenvalue weighted by Crippen LogP contribution is -2.31. The largest absolute Gasteiger partial charge is 0.463 e. The maximum Gasteiger partial charge on any atom is 0.308 e. The molecule has 0 aromatic heterocycles. The molecule has 0 heterocycles. The average Bonchev–Trinajstić information content (AvgIpc) is 3.53. The zero-order valence-corrected chi connectivity index (χ0v) is 16.7. The van der Waals surface area contributed by atoms with Gasteiger partial charge in [0, 0.05) is 17.2 Å². The molecule has 2 aromatic rings. The maximum atomic E-state index is 12.8. The van der Waals surface area contributed by atoms with Crippen LogP contribution in [0.4, 0.5) is 5.69 Å². The van der Waals surface area contributed by atoms with Crippen LogP contribution in [0.2, 0.25) is 0 Å². The Balaban J connectivity index is 1.72. The van der Waals surface area contributed by atoms with E-state index in [1.54, 1.807) is 38.1 Å². The Labute approximate surface area is 170 Å². The van der Waals surface area contributed by atoms with Gasteiger partial charge in [0.15, 0.2) is 0 Å². The molecule has 2 aromatic carbocycles. The highest BCUT2D eigenvalue weighted by Crippen LogP contribution is 2.30. The van der Waals surface area contributed by atoms with Crippen LogP contribution < -0.4 is 10.6 Å². The van der Waals surface area contributed by atoms with Crippen LogP contribution in [0, 0.1) is 5.92 Å². The molecule has 1 fully saturated rings. The van der Waals surface area contributed by atoms with Gasteiger partial charge in [-0.25, -0.2) is 0 Å². The second-order valence-electron chi connectivity index (χ2n) is 7.52. The second kappa shape index (κ2) is 9.37. The molecule has 152 valence electrons. The zero-order chi connectivity index (χ0) is 20.8. The number of amides is 2. The van der Waals surface area contributed by atoms with Crippen molar-refractivity contribution in [1.82, 2.24) is 5.32 Å². The summed E-state index contributed by atoms with van der Waals surface area (Å²) in [6.07, 6.45) is 1.64. The first kappa shape index (κ1) is 20.6. The molecule has 6 nitrogen and oxygen atoms in total. The van der Waals surface area contributed by atoms with E-state index in [-0.39, 0.29) is 36.2 Å². The minimum Gasteiger partial charge on any atom is -0.463 e. The SMILES string of the molecule is CC(C)OC(=O)CC(NC(=O)c1cccc(NC(=O)C2CC2)c1)c1ccccc1. The van der Waals surface area contributed by atoms with Crippen molar-refractivity contribution < 1.29 is 19.1 Å². The van der Waals surface area contributed by atoms with Crippen LogP contribution in [0.1, 0.15) is 55.1 Å². The molecular weight excluding hydrogens is 368 g/mol. The summed E-state index contributed by atoms with van der Waals surface area (Å²) in [5.41, 5.74) is 1.82. The van der Waals surface area contributed by atoms with Gasteiger partial charge in [0.1, 0.15) is 0 Å². The molecule has 1 unspecified atom stereocenters. The van der Waals surface area contributed by atoms with Crippen LogP contribution in [0.3, 0.4) is 0 Å². The van der Waals surface area contributed by atoms with Gasteiger partial charge in [-0.05, 0) is 50.5 Å². The van der Waals surface area contributed by atoms with E-state index in [9.17, 15) is 14.4 Å². The van der Waals surface area contributed by atoms with E-state index in [0.29, 0.717) is 11.3 Å². The van der Waals surface area contributed by atoms with Gasteiger partial charge in [0.2, 0.25) is 5.91 Å². The molecule has 0 radical (unpaired) electrons. The summed E-state index contributed by atoms with van der Waals surface area (Å²) in [6.45, 7) is 3.57. The van der Waals surface area contributed by atoms with E-state index in [4.69, 9.17) is 4.74 Å². The number of ether oxygens (including phenoxy) is 1. The highest BCUT2D eigenvalue weighted by molar-refractivity contribution is 5.98. The fraction of sp³-hybridized carbons (Fsp3) is 0.348. The predicted octanol–water partition coefficient (Wildman–Crippen LogP) is 3.85. The Kier molecular flexibility index (Phi) is 6.65. The summed E-state index contributed by atoms with van der Waals surface area (Å²) in [4.78, 5) is 37.0. The number of hydrogen-bond donors (Lipinski definition) is 2. The third-order valence-corrected chi connectivity index (χ3v) is 4.59. The average molecular weight is 394 g/mol. The van der Waals surface area contributed by atoms with Crippen LogP contribution in [-0.4, -0.2) is 23.9 Å². The normalized spacial score (nSPS) is 14.2. The molecule has 0 aliphatic heterocycles. The van der Waals surface area contributed by atoms with E-state index in [1.165, 1.54) is 0 Å². The topological polar surface area (TPSA) is 84.5 Å². The van der Waals surface area contributed by atoms with E-state index < -0.39 is 6.04 Å². The van der Waals surface area contributed by atoms with E-state index >= 15 is 0 Å². The molecule has 1 aliphatic carbocycles. The highest BCUT2D eigenvalue weighted by Gasteiger charge is 2.29. The van der Waals surface area contributed by atoms with E-state index in [0.717, 1.165) is 18.4 Å². The maximum absolute atomic E-state index is 12.8. The van der Waals surface area contributed by atoms with Gasteiger partial charge in [-0.2, -0.15) is 0 Å². The van der Waals surface area contributed by atoms with Crippen molar-refractivity contribution in [2.45, 2.75) is 45.3 Å². The number of benzene rings is 2. The van der Waals surface area contributed by atoms with Crippen molar-refractivity contribution in [2.75, 3.05) is 5.32 Å². The summed E-state index contributed by atoms with van der Waals surface area (Å²) < 4.78 is 5.24. The molecule has 6 heteroatoms. The number of anilines is 1. The first-order valence-corrected chi connectivity index (χ1v) is 9.88. The number of rotatable bonds is 8. The molecule has 2 N–H and O–H groups in total. The summed E-state index contributed by atoms with van der Waals surface area (Å²) in [6, 6.07) is 15.6. The molecule has 3 rings (SSSR count). The Bertz CT molecular complexity index is 875.